The third kappa shape index (κ3) is 6.52. The van der Waals surface area contributed by atoms with Gasteiger partial charge in [-0.1, -0.05) is 32.9 Å². The summed E-state index contributed by atoms with van der Waals surface area (Å²) in [6.45, 7) is 11.3. The van der Waals surface area contributed by atoms with Crippen molar-refractivity contribution in [2.75, 3.05) is 7.05 Å². The van der Waals surface area contributed by atoms with Crippen molar-refractivity contribution in [1.82, 2.24) is 29.1 Å². The molecule has 17 heteroatoms. The zero-order valence-electron chi connectivity index (χ0n) is 32.1. The highest BCUT2D eigenvalue weighted by Crippen LogP contribution is 2.60. The zero-order valence-corrected chi connectivity index (χ0v) is 34.0. The number of carbonyl (C=O) groups is 1. The highest BCUT2D eigenvalue weighted by atomic mass is 32.2. The van der Waals surface area contributed by atoms with Crippen molar-refractivity contribution >= 4 is 36.6 Å². The molecule has 2 aromatic carbocycles. The van der Waals surface area contributed by atoms with Crippen LogP contribution in [0.25, 0.3) is 22.2 Å². The Bertz CT molecular complexity index is 2140. The van der Waals surface area contributed by atoms with Gasteiger partial charge < -0.3 is 23.2 Å². The van der Waals surface area contributed by atoms with Gasteiger partial charge in [0.25, 0.3) is 5.91 Å². The highest BCUT2D eigenvalue weighted by Gasteiger charge is 2.73. The largest absolute Gasteiger partial charge is 0.598 e. The minimum Gasteiger partial charge on any atom is -0.598 e. The van der Waals surface area contributed by atoms with E-state index in [0.29, 0.717) is 40.0 Å². The zero-order chi connectivity index (χ0) is 40.3. The maximum atomic E-state index is 15.0. The number of nitrogens with one attached hydrogen (secondary N) is 1. The molecule has 10 nitrogen and oxygen atoms in total. The number of aromatic nitrogens is 4. The first-order chi connectivity index (χ1) is 25.4. The SMILES string of the molecule is CN1C(=O)c2cccc(OC(F)F)c2[C@H]2C[C@@H]1c1nc3ccc(-c4cnc(C5(N[S@+]([O-])C(C)(C)C)CC(O[Si](C)(C)C(C)(C)C)(C(F)(F)F)C5)nc4)cc3n12. The van der Waals surface area contributed by atoms with Crippen molar-refractivity contribution in [1.29, 1.82) is 0 Å². The molecule has 4 aromatic rings. The van der Waals surface area contributed by atoms with Gasteiger partial charge in [-0.3, -0.25) is 4.79 Å². The number of halogens is 5. The maximum absolute atomic E-state index is 15.0. The summed E-state index contributed by atoms with van der Waals surface area (Å²) in [6.07, 6.45) is -2.36. The standard InChI is InChI=1S/C38H45F5N6O4SSi/c1-34(2,3)54(51)47-36(19-37(20-36,38(41,42)43)53-55(8,9)35(4,5)6)32-44-17-22(18-45-32)21-13-14-24-25(15-21)49-26-16-27(30(49)46-24)48(7)31(50)23-11-10-12-28(29(23)26)52-33(39)40/h10-15,17-18,26-27,33,47H,16,19-20H2,1-9H3/t26-,27-,36?,37?,54-/m1/s1. The van der Waals surface area contributed by atoms with Gasteiger partial charge in [-0.25, -0.2) is 15.0 Å². The number of amides is 1. The van der Waals surface area contributed by atoms with Gasteiger partial charge in [-0.2, -0.15) is 22.0 Å². The van der Waals surface area contributed by atoms with E-state index in [9.17, 15) is 31.3 Å². The van der Waals surface area contributed by atoms with Gasteiger partial charge in [-0.05, 0) is 68.7 Å². The Morgan fingerprint density at radius 3 is 2.24 bits per heavy atom. The summed E-state index contributed by atoms with van der Waals surface area (Å²) in [5, 5.41) is -0.490. The van der Waals surface area contributed by atoms with Crippen LogP contribution in [0.3, 0.4) is 0 Å². The maximum Gasteiger partial charge on any atom is 0.416 e. The molecule has 4 heterocycles. The molecule has 0 unspecified atom stereocenters. The van der Waals surface area contributed by atoms with Crippen molar-refractivity contribution < 1.29 is 40.5 Å². The lowest BCUT2D eigenvalue weighted by Gasteiger charge is -2.58. The number of benzene rings is 2. The predicted molar refractivity (Wildman–Crippen MR) is 200 cm³/mol. The molecular weight excluding hydrogens is 760 g/mol. The number of rotatable bonds is 8. The van der Waals surface area contributed by atoms with Crippen LogP contribution in [0.2, 0.25) is 18.1 Å². The molecule has 3 atom stereocenters. The van der Waals surface area contributed by atoms with Gasteiger partial charge in [0.05, 0.1) is 23.1 Å². The topological polar surface area (TPSA) is 117 Å². The van der Waals surface area contributed by atoms with Crippen molar-refractivity contribution in [2.24, 2.45) is 0 Å². The number of hydrogen-bond donors (Lipinski definition) is 1. The Balaban J connectivity index is 1.27. The van der Waals surface area contributed by atoms with Gasteiger partial charge in [0.2, 0.25) is 0 Å². The van der Waals surface area contributed by atoms with Gasteiger partial charge in [0.1, 0.15) is 21.9 Å². The van der Waals surface area contributed by atoms with E-state index in [0.717, 1.165) is 0 Å². The van der Waals surface area contributed by atoms with Crippen LogP contribution in [0.5, 0.6) is 5.75 Å². The summed E-state index contributed by atoms with van der Waals surface area (Å²) in [7, 11) is -1.25. The molecule has 2 aromatic heterocycles. The average molecular weight is 805 g/mol. The lowest BCUT2D eigenvalue weighted by molar-refractivity contribution is -0.299. The molecule has 1 saturated carbocycles. The van der Waals surface area contributed by atoms with E-state index >= 15 is 0 Å². The van der Waals surface area contributed by atoms with Crippen LogP contribution in [0.4, 0.5) is 22.0 Å². The summed E-state index contributed by atoms with van der Waals surface area (Å²) in [4.78, 5) is 29.1. The molecule has 7 rings (SSSR count). The lowest BCUT2D eigenvalue weighted by atomic mass is 9.64. The Morgan fingerprint density at radius 1 is 1.00 bits per heavy atom. The van der Waals surface area contributed by atoms with Crippen LogP contribution in [0, 0.1) is 0 Å². The fraction of sp³-hybridized carbons (Fsp3) is 0.526. The monoisotopic (exact) mass is 804 g/mol. The smallest absolute Gasteiger partial charge is 0.416 e. The molecule has 2 aliphatic heterocycles. The van der Waals surface area contributed by atoms with Crippen LogP contribution >= 0.6 is 0 Å². The van der Waals surface area contributed by atoms with E-state index < -0.39 is 78.3 Å². The summed E-state index contributed by atoms with van der Waals surface area (Å²) in [5.41, 5.74) is -0.810. The Morgan fingerprint density at radius 2 is 1.65 bits per heavy atom. The second kappa shape index (κ2) is 12.9. The van der Waals surface area contributed by atoms with Crippen molar-refractivity contribution in [3.05, 3.63) is 71.6 Å². The van der Waals surface area contributed by atoms with E-state index in [4.69, 9.17) is 14.1 Å². The average Bonchev–Trinajstić information content (AvgIpc) is 3.58. The first-order valence-corrected chi connectivity index (χ1v) is 22.1. The fourth-order valence-corrected chi connectivity index (χ4v) is 10.1. The molecule has 2 bridgehead atoms. The first-order valence-electron chi connectivity index (χ1n) is 18.0. The fourth-order valence-electron chi connectivity index (χ4n) is 7.68. The number of imidazole rings is 1. The highest BCUT2D eigenvalue weighted by molar-refractivity contribution is 7.90. The summed E-state index contributed by atoms with van der Waals surface area (Å²) >= 11 is -1.76. The molecule has 3 aliphatic rings. The quantitative estimate of drug-likeness (QED) is 0.107. The van der Waals surface area contributed by atoms with Gasteiger partial charge in [-0.15, -0.1) is 4.72 Å². The molecule has 1 fully saturated rings. The summed E-state index contributed by atoms with van der Waals surface area (Å²) < 4.78 is 101. The number of carbonyl (C=O) groups excluding carboxylic acids is 1. The Labute approximate surface area is 320 Å². The number of hydrogen-bond acceptors (Lipinski definition) is 8. The summed E-state index contributed by atoms with van der Waals surface area (Å²) in [6, 6.07) is 9.09. The first kappa shape index (κ1) is 39.6. The van der Waals surface area contributed by atoms with Gasteiger partial charge in [0, 0.05) is 66.8 Å². The van der Waals surface area contributed by atoms with Crippen LogP contribution in [-0.4, -0.2) is 73.4 Å². The van der Waals surface area contributed by atoms with Crippen molar-refractivity contribution in [3.8, 4) is 16.9 Å². The van der Waals surface area contributed by atoms with E-state index in [-0.39, 0.29) is 23.0 Å². The lowest BCUT2D eigenvalue weighted by Crippen LogP contribution is -2.73. The molecule has 0 radical (unpaired) electrons. The van der Waals surface area contributed by atoms with Crippen molar-refractivity contribution in [2.45, 2.75) is 120 Å². The number of nitrogens with zero attached hydrogens (tertiary/aromatic N) is 5. The minimum atomic E-state index is -4.70. The van der Waals surface area contributed by atoms with Crippen LogP contribution in [0.1, 0.15) is 100 Å². The van der Waals surface area contributed by atoms with E-state index in [1.54, 1.807) is 57.9 Å². The van der Waals surface area contributed by atoms with Crippen LogP contribution in [-0.2, 0) is 21.3 Å². The third-order valence-corrected chi connectivity index (χ3v) is 17.8. The van der Waals surface area contributed by atoms with Gasteiger partial charge in [0.15, 0.2) is 19.7 Å². The van der Waals surface area contributed by atoms with E-state index in [1.807, 2.05) is 37.5 Å². The number of alkyl halides is 5. The molecule has 0 spiro atoms. The molecule has 1 aliphatic carbocycles. The molecule has 1 amide bonds. The normalized spacial score (nSPS) is 24.8. The molecule has 1 N–H and O–H groups in total. The minimum absolute atomic E-state index is 0.0693. The number of ether oxygens (including phenoxy) is 1. The van der Waals surface area contributed by atoms with E-state index in [1.165, 1.54) is 24.5 Å². The van der Waals surface area contributed by atoms with Crippen LogP contribution < -0.4 is 9.46 Å². The van der Waals surface area contributed by atoms with Crippen molar-refractivity contribution in [3.63, 3.8) is 0 Å². The molecule has 55 heavy (non-hydrogen) atoms. The molecule has 0 saturated heterocycles. The molecule has 296 valence electrons. The molecular formula is C38H45F5N6O4SSi. The van der Waals surface area contributed by atoms with Crippen LogP contribution in [0.15, 0.2) is 48.8 Å². The second-order valence-corrected chi connectivity index (χ2v) is 24.1. The van der Waals surface area contributed by atoms with E-state index in [2.05, 4.69) is 14.7 Å². The van der Waals surface area contributed by atoms with Gasteiger partial charge >= 0.3 is 12.8 Å². The predicted octanol–water partition coefficient (Wildman–Crippen LogP) is 8.58. The Hall–Kier alpha value is -3.64. The second-order valence-electron chi connectivity index (χ2n) is 17.4. The third-order valence-electron chi connectivity index (χ3n) is 11.6. The Kier molecular flexibility index (Phi) is 9.32. The summed E-state index contributed by atoms with van der Waals surface area (Å²) in [5.74, 6) is 0.280. The number of fused-ring (bicyclic) bond motifs is 9.